The lowest BCUT2D eigenvalue weighted by atomic mass is 9.93. The number of nitrogen functional groups attached to an aromatic ring is 1. The molecule has 1 unspecified atom stereocenters. The number of aromatic nitrogens is 3. The first-order chi connectivity index (χ1) is 15.0. The number of halogens is 7. The van der Waals surface area contributed by atoms with Gasteiger partial charge in [0.15, 0.2) is 17.2 Å². The highest BCUT2D eigenvalue weighted by atomic mass is 19.4. The number of aliphatic carboxylic acids is 1. The van der Waals surface area contributed by atoms with Crippen molar-refractivity contribution in [2.75, 3.05) is 12.4 Å². The molecule has 0 bridgehead atoms. The number of hydrogen-bond donors (Lipinski definition) is 3. The Hall–Kier alpha value is -3.42. The SMILES string of the molecule is Cc1ccc(C(C)(O)CF)cc1-c1cnc2c(N)nc(C(F)(F)F)cn12.O=C(O)C(F)(F)F. The molecule has 0 aliphatic rings. The Bertz CT molecular complexity index is 1170. The molecule has 14 heteroatoms. The molecule has 0 radical (unpaired) electrons. The number of aliphatic hydroxyl groups is 1. The van der Waals surface area contributed by atoms with Gasteiger partial charge in [0.05, 0.1) is 11.9 Å². The predicted molar refractivity (Wildman–Crippen MR) is 102 cm³/mol. The summed E-state index contributed by atoms with van der Waals surface area (Å²) in [5, 5.41) is 17.3. The van der Waals surface area contributed by atoms with Crippen molar-refractivity contribution >= 4 is 17.4 Å². The molecule has 33 heavy (non-hydrogen) atoms. The number of benzene rings is 1. The van der Waals surface area contributed by atoms with Crippen LogP contribution in [0.3, 0.4) is 0 Å². The van der Waals surface area contributed by atoms with E-state index in [0.29, 0.717) is 22.4 Å². The van der Waals surface area contributed by atoms with Crippen molar-refractivity contribution in [3.05, 3.63) is 47.4 Å². The largest absolute Gasteiger partial charge is 0.490 e. The fourth-order valence-electron chi connectivity index (χ4n) is 2.66. The molecule has 2 aromatic heterocycles. The number of imidazole rings is 1. The minimum atomic E-state index is -5.08. The van der Waals surface area contributed by atoms with Gasteiger partial charge in [-0.15, -0.1) is 0 Å². The van der Waals surface area contributed by atoms with Gasteiger partial charge in [-0.25, -0.2) is 19.2 Å². The Kier molecular flexibility index (Phi) is 6.92. The van der Waals surface area contributed by atoms with Crippen molar-refractivity contribution in [3.63, 3.8) is 0 Å². The monoisotopic (exact) mass is 482 g/mol. The molecule has 1 atom stereocenters. The van der Waals surface area contributed by atoms with Gasteiger partial charge in [-0.3, -0.25) is 4.40 Å². The molecule has 0 aliphatic carbocycles. The van der Waals surface area contributed by atoms with Gasteiger partial charge in [-0.2, -0.15) is 26.3 Å². The molecule has 2 heterocycles. The van der Waals surface area contributed by atoms with Crippen molar-refractivity contribution in [2.45, 2.75) is 31.8 Å². The van der Waals surface area contributed by atoms with E-state index in [1.807, 2.05) is 0 Å². The minimum absolute atomic E-state index is 0.0788. The molecule has 0 aliphatic heterocycles. The van der Waals surface area contributed by atoms with Gasteiger partial charge >= 0.3 is 18.3 Å². The lowest BCUT2D eigenvalue weighted by molar-refractivity contribution is -0.192. The van der Waals surface area contributed by atoms with Crippen LogP contribution in [0, 0.1) is 6.92 Å². The molecule has 3 aromatic rings. The van der Waals surface area contributed by atoms with Crippen LogP contribution in [-0.4, -0.2) is 43.4 Å². The lowest BCUT2D eigenvalue weighted by Crippen LogP contribution is -2.23. The molecule has 180 valence electrons. The lowest BCUT2D eigenvalue weighted by Gasteiger charge is -2.21. The van der Waals surface area contributed by atoms with Crippen molar-refractivity contribution in [2.24, 2.45) is 0 Å². The number of carboxylic acid groups (broad SMARTS) is 1. The Balaban J connectivity index is 0.000000479. The normalized spacial score (nSPS) is 13.9. The van der Waals surface area contributed by atoms with Crippen molar-refractivity contribution in [1.29, 1.82) is 0 Å². The highest BCUT2D eigenvalue weighted by Gasteiger charge is 2.38. The zero-order valence-electron chi connectivity index (χ0n) is 17.0. The molecule has 0 fully saturated rings. The fourth-order valence-corrected chi connectivity index (χ4v) is 2.66. The highest BCUT2D eigenvalue weighted by Crippen LogP contribution is 2.33. The first kappa shape index (κ1) is 25.8. The first-order valence-electron chi connectivity index (χ1n) is 8.89. The fraction of sp³-hybridized carbons (Fsp3) is 0.316. The number of hydrogen-bond acceptors (Lipinski definition) is 5. The predicted octanol–water partition coefficient (Wildman–Crippen LogP) is 4.12. The van der Waals surface area contributed by atoms with Crippen LogP contribution in [-0.2, 0) is 16.6 Å². The second-order valence-corrected chi connectivity index (χ2v) is 7.09. The Morgan fingerprint density at radius 3 is 2.24 bits per heavy atom. The number of aryl methyl sites for hydroxylation is 1. The van der Waals surface area contributed by atoms with Crippen molar-refractivity contribution in [1.82, 2.24) is 14.4 Å². The number of alkyl halides is 7. The summed E-state index contributed by atoms with van der Waals surface area (Å²) in [6.45, 7) is 2.06. The van der Waals surface area contributed by atoms with E-state index in [-0.39, 0.29) is 11.5 Å². The first-order valence-corrected chi connectivity index (χ1v) is 8.89. The van der Waals surface area contributed by atoms with E-state index >= 15 is 0 Å². The summed E-state index contributed by atoms with van der Waals surface area (Å²) in [7, 11) is 0. The zero-order valence-corrected chi connectivity index (χ0v) is 17.0. The smallest absolute Gasteiger partial charge is 0.475 e. The second-order valence-electron chi connectivity index (χ2n) is 7.09. The second kappa shape index (κ2) is 8.84. The molecule has 0 saturated heterocycles. The average molecular weight is 482 g/mol. The number of nitrogens with zero attached hydrogens (tertiary/aromatic N) is 3. The van der Waals surface area contributed by atoms with Gasteiger partial charge < -0.3 is 15.9 Å². The van der Waals surface area contributed by atoms with E-state index in [1.54, 1.807) is 19.1 Å². The van der Waals surface area contributed by atoms with Crippen LogP contribution in [0.4, 0.5) is 36.6 Å². The summed E-state index contributed by atoms with van der Waals surface area (Å²) >= 11 is 0. The van der Waals surface area contributed by atoms with Crippen LogP contribution in [0.5, 0.6) is 0 Å². The molecule has 0 amide bonds. The third-order valence-corrected chi connectivity index (χ3v) is 4.45. The molecule has 4 N–H and O–H groups in total. The molecule has 0 spiro atoms. The Morgan fingerprint density at radius 1 is 1.18 bits per heavy atom. The van der Waals surface area contributed by atoms with Crippen LogP contribution < -0.4 is 5.73 Å². The van der Waals surface area contributed by atoms with E-state index < -0.39 is 36.3 Å². The minimum Gasteiger partial charge on any atom is -0.475 e. The van der Waals surface area contributed by atoms with Crippen LogP contribution in [0.2, 0.25) is 0 Å². The quantitative estimate of drug-likeness (QED) is 0.484. The van der Waals surface area contributed by atoms with Gasteiger partial charge in [0.25, 0.3) is 0 Å². The summed E-state index contributed by atoms with van der Waals surface area (Å²) in [4.78, 5) is 16.3. The van der Waals surface area contributed by atoms with Crippen LogP contribution >= 0.6 is 0 Å². The van der Waals surface area contributed by atoms with Crippen LogP contribution in [0.15, 0.2) is 30.6 Å². The third-order valence-electron chi connectivity index (χ3n) is 4.45. The summed E-state index contributed by atoms with van der Waals surface area (Å²) in [6.07, 6.45) is -7.57. The number of nitrogens with two attached hydrogens (primary N) is 1. The van der Waals surface area contributed by atoms with E-state index in [1.165, 1.54) is 23.6 Å². The van der Waals surface area contributed by atoms with Gasteiger partial charge in [0, 0.05) is 11.8 Å². The van der Waals surface area contributed by atoms with Crippen molar-refractivity contribution in [3.8, 4) is 11.3 Å². The summed E-state index contributed by atoms with van der Waals surface area (Å²) in [5.41, 5.74) is 4.69. The topological polar surface area (TPSA) is 114 Å². The molecule has 7 nitrogen and oxygen atoms in total. The van der Waals surface area contributed by atoms with Gasteiger partial charge in [-0.1, -0.05) is 12.1 Å². The maximum Gasteiger partial charge on any atom is 0.490 e. The van der Waals surface area contributed by atoms with Crippen molar-refractivity contribution < 1.29 is 45.7 Å². The van der Waals surface area contributed by atoms with Gasteiger partial charge in [0.1, 0.15) is 12.3 Å². The van der Waals surface area contributed by atoms with E-state index in [0.717, 1.165) is 6.20 Å². The average Bonchev–Trinajstić information content (AvgIpc) is 3.11. The molecular formula is C19H17F7N4O3. The van der Waals surface area contributed by atoms with Gasteiger partial charge in [-0.05, 0) is 31.0 Å². The number of carbonyl (C=O) groups is 1. The Morgan fingerprint density at radius 2 is 1.76 bits per heavy atom. The highest BCUT2D eigenvalue weighted by molar-refractivity contribution is 5.73. The zero-order chi connectivity index (χ0) is 25.4. The van der Waals surface area contributed by atoms with Gasteiger partial charge in [0.2, 0.25) is 0 Å². The number of fused-ring (bicyclic) bond motifs is 1. The maximum atomic E-state index is 13.1. The van der Waals surface area contributed by atoms with Crippen LogP contribution in [0.1, 0.15) is 23.7 Å². The molecule has 1 aromatic carbocycles. The van der Waals surface area contributed by atoms with E-state index in [9.17, 15) is 35.8 Å². The number of carboxylic acids is 1. The molecular weight excluding hydrogens is 465 g/mol. The summed E-state index contributed by atoms with van der Waals surface area (Å²) in [6, 6.07) is 4.75. The molecule has 3 rings (SSSR count). The summed E-state index contributed by atoms with van der Waals surface area (Å²) < 4.78 is 85.2. The van der Waals surface area contributed by atoms with E-state index in [4.69, 9.17) is 15.6 Å². The summed E-state index contributed by atoms with van der Waals surface area (Å²) in [5.74, 6) is -3.11. The number of rotatable bonds is 3. The molecule has 0 saturated carbocycles. The maximum absolute atomic E-state index is 13.1. The third kappa shape index (κ3) is 5.69. The van der Waals surface area contributed by atoms with E-state index in [2.05, 4.69) is 9.97 Å². The number of anilines is 1. The van der Waals surface area contributed by atoms with Crippen LogP contribution in [0.25, 0.3) is 16.9 Å². The Labute approximate surface area is 181 Å². The standard InChI is InChI=1S/C17H16F4N4O.C2HF3O2/c1-9-3-4-10(16(2,26)8-18)5-11(9)12-6-23-15-14(22)24-13(7-25(12)15)17(19,20)21;3-2(4,5)1(6)7/h3-7,26H,8H2,1-2H3,(H2,22,24);(H,6,7).